The predicted molar refractivity (Wildman–Crippen MR) is 93.8 cm³/mol. The summed E-state index contributed by atoms with van der Waals surface area (Å²) in [6.07, 6.45) is 2.64. The molecule has 1 heterocycles. The molecule has 3 amide bonds. The summed E-state index contributed by atoms with van der Waals surface area (Å²) in [6, 6.07) is 10.5. The Labute approximate surface area is 144 Å². The van der Waals surface area contributed by atoms with Gasteiger partial charge in [-0.3, -0.25) is 19.3 Å². The van der Waals surface area contributed by atoms with Crippen LogP contribution in [0.1, 0.15) is 34.3 Å². The zero-order chi connectivity index (χ0) is 17.6. The number of hydrogen-bond acceptors (Lipinski definition) is 3. The van der Waals surface area contributed by atoms with Crippen molar-refractivity contribution in [2.24, 2.45) is 5.73 Å². The van der Waals surface area contributed by atoms with Crippen molar-refractivity contribution >= 4 is 34.8 Å². The average Bonchev–Trinajstić information content (AvgIpc) is 3.01. The van der Waals surface area contributed by atoms with Crippen molar-refractivity contribution in [2.45, 2.75) is 25.7 Å². The van der Waals surface area contributed by atoms with E-state index in [0.29, 0.717) is 22.6 Å². The SMILES string of the molecule is NC(=O)c1cccc(N2C(=O)CC(=O)Nc3c2ccc2c3CCC2)c1. The van der Waals surface area contributed by atoms with E-state index in [-0.39, 0.29) is 18.2 Å². The molecular weight excluding hydrogens is 318 g/mol. The zero-order valence-corrected chi connectivity index (χ0v) is 13.5. The van der Waals surface area contributed by atoms with E-state index >= 15 is 0 Å². The number of primary amides is 1. The first-order chi connectivity index (χ1) is 12.0. The number of anilines is 3. The van der Waals surface area contributed by atoms with E-state index in [9.17, 15) is 14.4 Å². The van der Waals surface area contributed by atoms with Gasteiger partial charge in [0.2, 0.25) is 17.7 Å². The number of fused-ring (bicyclic) bond motifs is 3. The fraction of sp³-hybridized carbons (Fsp3) is 0.211. The number of hydrogen-bond donors (Lipinski definition) is 2. The Balaban J connectivity index is 1.91. The smallest absolute Gasteiger partial charge is 0.248 e. The third-order valence-electron chi connectivity index (χ3n) is 4.72. The van der Waals surface area contributed by atoms with Crippen LogP contribution < -0.4 is 16.0 Å². The largest absolute Gasteiger partial charge is 0.366 e. The van der Waals surface area contributed by atoms with E-state index < -0.39 is 5.91 Å². The monoisotopic (exact) mass is 335 g/mol. The molecular formula is C19H17N3O3. The molecule has 6 nitrogen and oxygen atoms in total. The number of carbonyl (C=O) groups is 3. The molecule has 0 spiro atoms. The molecule has 0 fully saturated rings. The van der Waals surface area contributed by atoms with Crippen molar-refractivity contribution in [2.75, 3.05) is 10.2 Å². The lowest BCUT2D eigenvalue weighted by molar-refractivity contribution is -0.124. The fourth-order valence-corrected chi connectivity index (χ4v) is 3.60. The molecule has 0 radical (unpaired) electrons. The van der Waals surface area contributed by atoms with Crippen LogP contribution in [0.3, 0.4) is 0 Å². The second-order valence-electron chi connectivity index (χ2n) is 6.32. The van der Waals surface area contributed by atoms with Crippen molar-refractivity contribution in [3.05, 3.63) is 53.1 Å². The number of rotatable bonds is 2. The van der Waals surface area contributed by atoms with Crippen molar-refractivity contribution in [1.29, 1.82) is 0 Å². The fourth-order valence-electron chi connectivity index (χ4n) is 3.60. The van der Waals surface area contributed by atoms with Crippen molar-refractivity contribution in [3.63, 3.8) is 0 Å². The highest BCUT2D eigenvalue weighted by molar-refractivity contribution is 6.18. The molecule has 1 aliphatic carbocycles. The highest BCUT2D eigenvalue weighted by Gasteiger charge is 2.31. The lowest BCUT2D eigenvalue weighted by Gasteiger charge is -2.24. The molecule has 6 heteroatoms. The Kier molecular flexibility index (Phi) is 3.53. The van der Waals surface area contributed by atoms with Gasteiger partial charge in [-0.1, -0.05) is 12.1 Å². The summed E-state index contributed by atoms with van der Waals surface area (Å²) in [5.41, 5.74) is 9.84. The van der Waals surface area contributed by atoms with E-state index in [4.69, 9.17) is 5.73 Å². The van der Waals surface area contributed by atoms with Crippen LogP contribution in [0, 0.1) is 0 Å². The predicted octanol–water partition coefficient (Wildman–Crippen LogP) is 2.28. The second-order valence-corrected chi connectivity index (χ2v) is 6.32. The van der Waals surface area contributed by atoms with Crippen molar-refractivity contribution < 1.29 is 14.4 Å². The lowest BCUT2D eigenvalue weighted by atomic mass is 10.0. The molecule has 2 aliphatic rings. The summed E-state index contributed by atoms with van der Waals surface area (Å²) >= 11 is 0. The molecule has 0 atom stereocenters. The van der Waals surface area contributed by atoms with E-state index in [0.717, 1.165) is 24.8 Å². The Morgan fingerprint density at radius 2 is 1.96 bits per heavy atom. The van der Waals surface area contributed by atoms with Crippen molar-refractivity contribution in [1.82, 2.24) is 0 Å². The van der Waals surface area contributed by atoms with Gasteiger partial charge in [-0.25, -0.2) is 0 Å². The van der Waals surface area contributed by atoms with Gasteiger partial charge in [-0.15, -0.1) is 0 Å². The van der Waals surface area contributed by atoms with Gasteiger partial charge in [0.05, 0.1) is 11.4 Å². The normalized spacial score (nSPS) is 16.1. The van der Waals surface area contributed by atoms with Gasteiger partial charge in [0.15, 0.2) is 0 Å². The van der Waals surface area contributed by atoms with Crippen LogP contribution >= 0.6 is 0 Å². The van der Waals surface area contributed by atoms with Gasteiger partial charge in [0.25, 0.3) is 0 Å². The first kappa shape index (κ1) is 15.4. The van der Waals surface area contributed by atoms with Crippen LogP contribution in [0.25, 0.3) is 0 Å². The van der Waals surface area contributed by atoms with E-state index in [2.05, 4.69) is 5.32 Å². The topological polar surface area (TPSA) is 92.5 Å². The molecule has 0 bridgehead atoms. The van der Waals surface area contributed by atoms with Crippen molar-refractivity contribution in [3.8, 4) is 0 Å². The number of nitrogens with one attached hydrogen (secondary N) is 1. The number of nitrogens with two attached hydrogens (primary N) is 1. The van der Waals surface area contributed by atoms with E-state index in [1.165, 1.54) is 10.5 Å². The molecule has 2 aromatic rings. The Hall–Kier alpha value is -3.15. The van der Waals surface area contributed by atoms with Gasteiger partial charge < -0.3 is 11.1 Å². The maximum absolute atomic E-state index is 12.7. The van der Waals surface area contributed by atoms with Crippen LogP contribution in [0.4, 0.5) is 17.1 Å². The highest BCUT2D eigenvalue weighted by atomic mass is 16.2. The quantitative estimate of drug-likeness (QED) is 0.825. The first-order valence-electron chi connectivity index (χ1n) is 8.22. The number of aryl methyl sites for hydroxylation is 1. The molecule has 0 saturated carbocycles. The van der Waals surface area contributed by atoms with E-state index in [1.54, 1.807) is 24.3 Å². The number of benzene rings is 2. The average molecular weight is 335 g/mol. The molecule has 4 rings (SSSR count). The molecule has 2 aromatic carbocycles. The van der Waals surface area contributed by atoms with Crippen LogP contribution in [0.15, 0.2) is 36.4 Å². The summed E-state index contributed by atoms with van der Waals surface area (Å²) in [6.45, 7) is 0. The Morgan fingerprint density at radius 3 is 2.76 bits per heavy atom. The molecule has 0 unspecified atom stereocenters. The molecule has 25 heavy (non-hydrogen) atoms. The second kappa shape index (κ2) is 5.73. The molecule has 3 N–H and O–H groups in total. The zero-order valence-electron chi connectivity index (χ0n) is 13.5. The highest BCUT2D eigenvalue weighted by Crippen LogP contribution is 2.41. The van der Waals surface area contributed by atoms with Gasteiger partial charge in [0.1, 0.15) is 6.42 Å². The minimum atomic E-state index is -0.563. The molecule has 0 saturated heterocycles. The number of carbonyl (C=O) groups excluding carboxylic acids is 3. The van der Waals surface area contributed by atoms with E-state index in [1.807, 2.05) is 12.1 Å². The number of amides is 3. The van der Waals surface area contributed by atoms with Gasteiger partial charge >= 0.3 is 0 Å². The minimum Gasteiger partial charge on any atom is -0.366 e. The summed E-state index contributed by atoms with van der Waals surface area (Å²) in [5, 5.41) is 2.90. The summed E-state index contributed by atoms with van der Waals surface area (Å²) < 4.78 is 0. The molecule has 0 aromatic heterocycles. The maximum atomic E-state index is 12.7. The van der Waals surface area contributed by atoms with Crippen LogP contribution in [-0.2, 0) is 22.4 Å². The van der Waals surface area contributed by atoms with Gasteiger partial charge in [-0.05, 0) is 54.7 Å². The van der Waals surface area contributed by atoms with Crippen LogP contribution in [-0.4, -0.2) is 17.7 Å². The summed E-state index contributed by atoms with van der Waals surface area (Å²) in [7, 11) is 0. The van der Waals surface area contributed by atoms with Crippen LogP contribution in [0.2, 0.25) is 0 Å². The molecule has 126 valence electrons. The van der Waals surface area contributed by atoms with Gasteiger partial charge in [-0.2, -0.15) is 0 Å². The molecule has 1 aliphatic heterocycles. The maximum Gasteiger partial charge on any atom is 0.248 e. The summed E-state index contributed by atoms with van der Waals surface area (Å²) in [5.74, 6) is -1.22. The Morgan fingerprint density at radius 1 is 1.12 bits per heavy atom. The third kappa shape index (κ3) is 2.55. The standard InChI is InChI=1S/C19H17N3O3/c20-19(25)12-4-1-5-13(9-12)22-15-8-7-11-3-2-6-14(11)18(15)21-16(23)10-17(22)24/h1,4-5,7-9H,2-3,6,10H2,(H2,20,25)(H,21,23). The Bertz CT molecular complexity index is 920. The number of nitrogens with zero attached hydrogens (tertiary/aromatic N) is 1. The minimum absolute atomic E-state index is 0.246. The summed E-state index contributed by atoms with van der Waals surface area (Å²) in [4.78, 5) is 37.9. The third-order valence-corrected chi connectivity index (χ3v) is 4.72. The first-order valence-corrected chi connectivity index (χ1v) is 8.22. The van der Waals surface area contributed by atoms with Gasteiger partial charge in [0, 0.05) is 11.3 Å². The van der Waals surface area contributed by atoms with Crippen LogP contribution in [0.5, 0.6) is 0 Å². The lowest BCUT2D eigenvalue weighted by Crippen LogP contribution is -2.26.